The summed E-state index contributed by atoms with van der Waals surface area (Å²) in [5, 5.41) is 23.4. The van der Waals surface area contributed by atoms with Gasteiger partial charge in [0.25, 0.3) is 0 Å². The van der Waals surface area contributed by atoms with Crippen LogP contribution in [0.3, 0.4) is 0 Å². The van der Waals surface area contributed by atoms with E-state index in [0.29, 0.717) is 58.1 Å². The summed E-state index contributed by atoms with van der Waals surface area (Å²) in [6.07, 6.45) is 2.86. The Morgan fingerprint density at radius 1 is 0.842 bits per heavy atom. The summed E-state index contributed by atoms with van der Waals surface area (Å²) in [7, 11) is 0. The zero-order valence-corrected chi connectivity index (χ0v) is 31.0. The molecule has 0 radical (unpaired) electrons. The zero-order valence-electron chi connectivity index (χ0n) is 31.0. The van der Waals surface area contributed by atoms with Crippen LogP contribution in [0.25, 0.3) is 27.7 Å². The Morgan fingerprint density at radius 2 is 1.67 bits per heavy atom. The second kappa shape index (κ2) is 17.1. The third kappa shape index (κ3) is 8.86. The van der Waals surface area contributed by atoms with Crippen LogP contribution < -0.4 is 31.2 Å². The number of urea groups is 1. The molecule has 1 aliphatic rings. The summed E-state index contributed by atoms with van der Waals surface area (Å²) in [6.45, 7) is 4.63. The minimum Gasteiger partial charge on any atom is -0.492 e. The van der Waals surface area contributed by atoms with Gasteiger partial charge in [0.15, 0.2) is 0 Å². The number of ether oxygens (including phenoxy) is 3. The number of hydrogen-bond acceptors (Lipinski definition) is 10. The van der Waals surface area contributed by atoms with E-state index in [2.05, 4.69) is 25.8 Å². The van der Waals surface area contributed by atoms with Crippen molar-refractivity contribution in [3.05, 3.63) is 139 Å². The summed E-state index contributed by atoms with van der Waals surface area (Å²) in [4.78, 5) is 20.5. The molecule has 1 saturated heterocycles. The maximum absolute atomic E-state index is 13.8. The smallest absolute Gasteiger partial charge is 0.324 e. The van der Waals surface area contributed by atoms with Gasteiger partial charge in [-0.05, 0) is 48.5 Å². The van der Waals surface area contributed by atoms with Gasteiger partial charge in [0.05, 0.1) is 30.3 Å². The molecule has 0 unspecified atom stereocenters. The number of anilines is 5. The third-order valence-electron chi connectivity index (χ3n) is 9.47. The van der Waals surface area contributed by atoms with Crippen LogP contribution in [-0.2, 0) is 4.74 Å². The molecule has 5 aromatic carbocycles. The first-order valence-electron chi connectivity index (χ1n) is 18.6. The molecule has 2 amide bonds. The van der Waals surface area contributed by atoms with Crippen LogP contribution in [-0.4, -0.2) is 71.4 Å². The first kappa shape index (κ1) is 36.7. The number of nitrogens with zero attached hydrogens (tertiary/aromatic N) is 4. The molecule has 8 rings (SSSR count). The lowest BCUT2D eigenvalue weighted by Crippen LogP contribution is -2.38. The molecule has 1 aliphatic heterocycles. The van der Waals surface area contributed by atoms with E-state index in [0.717, 1.165) is 60.6 Å². The molecule has 1 fully saturated rings. The molecule has 286 valence electrons. The molecule has 13 nitrogen and oxygen atoms in total. The molecule has 13 heteroatoms. The number of hydrogen-bond donors (Lipinski definition) is 5. The summed E-state index contributed by atoms with van der Waals surface area (Å²) in [5.74, 6) is 2.92. The fraction of sp³-hybridized carbons (Fsp3) is 0.136. The first-order chi connectivity index (χ1) is 28.0. The summed E-state index contributed by atoms with van der Waals surface area (Å²) in [5.41, 5.74) is 10.8. The Labute approximate surface area is 329 Å². The van der Waals surface area contributed by atoms with Gasteiger partial charge in [-0.2, -0.15) is 5.10 Å². The molecular formula is C44H41N9O4. The highest BCUT2D eigenvalue weighted by Gasteiger charge is 2.17. The number of pyridine rings is 1. The van der Waals surface area contributed by atoms with E-state index in [1.54, 1.807) is 35.1 Å². The highest BCUT2D eigenvalue weighted by atomic mass is 16.5. The number of rotatable bonds is 13. The average Bonchev–Trinajstić information content (AvgIpc) is 3.67. The number of aromatic nitrogens is 3. The maximum atomic E-state index is 13.8. The van der Waals surface area contributed by atoms with Crippen LogP contribution in [0.4, 0.5) is 33.5 Å². The predicted molar refractivity (Wildman–Crippen MR) is 225 cm³/mol. The van der Waals surface area contributed by atoms with Crippen molar-refractivity contribution in [1.29, 1.82) is 5.41 Å². The molecule has 7 aromatic rings. The molecule has 3 heterocycles. The van der Waals surface area contributed by atoms with Crippen LogP contribution >= 0.6 is 0 Å². The van der Waals surface area contributed by atoms with Crippen LogP contribution in [0.15, 0.2) is 134 Å². The Morgan fingerprint density at radius 3 is 2.51 bits per heavy atom. The van der Waals surface area contributed by atoms with Gasteiger partial charge in [-0.1, -0.05) is 60.7 Å². The van der Waals surface area contributed by atoms with Crippen molar-refractivity contribution >= 4 is 51.7 Å². The number of amides is 2. The van der Waals surface area contributed by atoms with E-state index in [4.69, 9.17) is 30.5 Å². The van der Waals surface area contributed by atoms with Crippen molar-refractivity contribution in [1.82, 2.24) is 19.7 Å². The number of nitrogens with two attached hydrogens (primary N) is 1. The highest BCUT2D eigenvalue weighted by Crippen LogP contribution is 2.35. The number of nitrogens with one attached hydrogen (secondary N) is 4. The van der Waals surface area contributed by atoms with Crippen molar-refractivity contribution in [3.8, 4) is 34.2 Å². The van der Waals surface area contributed by atoms with E-state index in [1.165, 1.54) is 6.21 Å². The average molecular weight is 760 g/mol. The van der Waals surface area contributed by atoms with Crippen molar-refractivity contribution in [2.75, 3.05) is 61.1 Å². The van der Waals surface area contributed by atoms with Crippen LogP contribution in [0.2, 0.25) is 0 Å². The minimum absolute atomic E-state index is 0.439. The normalized spacial score (nSPS) is 12.8. The van der Waals surface area contributed by atoms with Gasteiger partial charge >= 0.3 is 6.03 Å². The predicted octanol–water partition coefficient (Wildman–Crippen LogP) is 8.56. The topological polar surface area (TPSA) is 165 Å². The Balaban J connectivity index is 1.00. The van der Waals surface area contributed by atoms with E-state index in [9.17, 15) is 4.79 Å². The van der Waals surface area contributed by atoms with Gasteiger partial charge in [0, 0.05) is 83.5 Å². The van der Waals surface area contributed by atoms with Gasteiger partial charge in [0.2, 0.25) is 0 Å². The fourth-order valence-electron chi connectivity index (χ4n) is 6.57. The second-order valence-corrected chi connectivity index (χ2v) is 13.3. The molecule has 6 N–H and O–H groups in total. The summed E-state index contributed by atoms with van der Waals surface area (Å²) in [6, 6.07) is 39.2. The maximum Gasteiger partial charge on any atom is 0.324 e. The summed E-state index contributed by atoms with van der Waals surface area (Å²) >= 11 is 0. The van der Waals surface area contributed by atoms with E-state index >= 15 is 0 Å². The lowest BCUT2D eigenvalue weighted by Gasteiger charge is -2.26. The highest BCUT2D eigenvalue weighted by molar-refractivity contribution is 6.07. The molecule has 0 aliphatic carbocycles. The second-order valence-electron chi connectivity index (χ2n) is 13.3. The third-order valence-corrected chi connectivity index (χ3v) is 9.47. The molecule has 0 saturated carbocycles. The standard InChI is InChI=1S/C44H41N9O4/c45-29-31-25-32(13-14-38(31)46)48-42-27-35(17-18-47-42)57-41-16-15-39(36-11-4-5-12-37(36)41)49-44(54)50-43-28-40(30-7-2-1-3-8-30)51-53(43)33-9-6-10-34(26-33)56-24-21-52-19-22-55-23-20-52/h1-18,25-29,45H,19-24,46H2,(H,47,48)(H2,49,50,54). The monoisotopic (exact) mass is 759 g/mol. The fourth-order valence-corrected chi connectivity index (χ4v) is 6.57. The number of carbonyl (C=O) groups is 1. The van der Waals surface area contributed by atoms with Gasteiger partial charge in [-0.3, -0.25) is 10.2 Å². The van der Waals surface area contributed by atoms with Gasteiger partial charge in [-0.15, -0.1) is 0 Å². The first-order valence-corrected chi connectivity index (χ1v) is 18.6. The van der Waals surface area contributed by atoms with Crippen LogP contribution in [0.5, 0.6) is 17.2 Å². The number of carbonyl (C=O) groups excluding carboxylic acids is 1. The Hall–Kier alpha value is -7.22. The van der Waals surface area contributed by atoms with E-state index < -0.39 is 6.03 Å². The van der Waals surface area contributed by atoms with Crippen LogP contribution in [0.1, 0.15) is 5.56 Å². The SMILES string of the molecule is N=Cc1cc(Nc2cc(Oc3ccc(NC(=O)Nc4cc(-c5ccccc5)nn4-c4cccc(OCCN5CCOCC5)c4)c4ccccc34)ccn2)ccc1N. The molecule has 0 bridgehead atoms. The molecular weight excluding hydrogens is 719 g/mol. The lowest BCUT2D eigenvalue weighted by atomic mass is 10.1. The lowest BCUT2D eigenvalue weighted by molar-refractivity contribution is 0.0322. The van der Waals surface area contributed by atoms with E-state index in [1.807, 2.05) is 103 Å². The number of nitrogen functional groups attached to an aromatic ring is 1. The molecule has 0 spiro atoms. The van der Waals surface area contributed by atoms with Gasteiger partial charge in [0.1, 0.15) is 35.5 Å². The largest absolute Gasteiger partial charge is 0.492 e. The number of benzene rings is 5. The number of morpholine rings is 1. The van der Waals surface area contributed by atoms with Gasteiger partial charge in [-0.25, -0.2) is 14.5 Å². The Kier molecular flexibility index (Phi) is 11.0. The molecule has 2 aromatic heterocycles. The van der Waals surface area contributed by atoms with Crippen molar-refractivity contribution in [2.45, 2.75) is 0 Å². The molecule has 57 heavy (non-hydrogen) atoms. The summed E-state index contributed by atoms with van der Waals surface area (Å²) < 4.78 is 19.7. The van der Waals surface area contributed by atoms with Crippen molar-refractivity contribution < 1.29 is 19.0 Å². The zero-order chi connectivity index (χ0) is 39.0. The van der Waals surface area contributed by atoms with Crippen LogP contribution in [0, 0.1) is 5.41 Å². The quantitative estimate of drug-likeness (QED) is 0.0572. The van der Waals surface area contributed by atoms with Crippen molar-refractivity contribution in [2.24, 2.45) is 0 Å². The van der Waals surface area contributed by atoms with Gasteiger partial charge < -0.3 is 36.0 Å². The van der Waals surface area contributed by atoms with E-state index in [-0.39, 0.29) is 0 Å². The number of fused-ring (bicyclic) bond motifs is 1. The minimum atomic E-state index is -0.439. The van der Waals surface area contributed by atoms with Crippen molar-refractivity contribution in [3.63, 3.8) is 0 Å². The molecule has 0 atom stereocenters. The Bertz CT molecular complexity index is 2520.